The van der Waals surface area contributed by atoms with Crippen LogP contribution in [-0.2, 0) is 4.79 Å². The molecule has 2 atom stereocenters. The smallest absolute Gasteiger partial charge is 0.407 e. The molecule has 0 bridgehead atoms. The maximum absolute atomic E-state index is 14.5. The number of carbonyl (C=O) groups is 2. The van der Waals surface area contributed by atoms with Crippen molar-refractivity contribution in [2.45, 2.75) is 38.3 Å². The van der Waals surface area contributed by atoms with Crippen LogP contribution in [0.1, 0.15) is 32.1 Å². The number of rotatable bonds is 5. The van der Waals surface area contributed by atoms with Gasteiger partial charge in [-0.05, 0) is 30.2 Å². The second-order valence-electron chi connectivity index (χ2n) is 8.83. The maximum atomic E-state index is 14.5. The minimum absolute atomic E-state index is 0.207. The van der Waals surface area contributed by atoms with Crippen molar-refractivity contribution in [1.29, 1.82) is 0 Å². The minimum atomic E-state index is -3.12. The summed E-state index contributed by atoms with van der Waals surface area (Å²) >= 11 is 3.42. The second kappa shape index (κ2) is 8.94. The number of halogens is 3. The van der Waals surface area contributed by atoms with E-state index in [0.717, 1.165) is 25.2 Å². The van der Waals surface area contributed by atoms with E-state index in [1.54, 1.807) is 26.1 Å². The summed E-state index contributed by atoms with van der Waals surface area (Å²) in [5.74, 6) is -3.99. The number of aromatic amines is 1. The minimum Gasteiger partial charge on any atom is -0.465 e. The zero-order valence-electron chi connectivity index (χ0n) is 18.8. The lowest BCUT2D eigenvalue weighted by atomic mass is 10.0. The van der Waals surface area contributed by atoms with E-state index < -0.39 is 48.9 Å². The number of hydrogen-bond acceptors (Lipinski definition) is 4. The molecule has 180 valence electrons. The van der Waals surface area contributed by atoms with E-state index in [9.17, 15) is 23.5 Å². The highest BCUT2D eigenvalue weighted by Crippen LogP contribution is 2.41. The highest BCUT2D eigenvalue weighted by Gasteiger charge is 2.51. The zero-order chi connectivity index (χ0) is 24.8. The summed E-state index contributed by atoms with van der Waals surface area (Å²) in [4.78, 5) is 38.7. The molecular formula is C23H24BrF2N5O3. The Morgan fingerprint density at radius 3 is 2.65 bits per heavy atom. The number of imidazole rings is 1. The topological polar surface area (TPSA) is 102 Å². The molecule has 0 radical (unpaired) electrons. The van der Waals surface area contributed by atoms with Crippen molar-refractivity contribution in [3.05, 3.63) is 46.8 Å². The van der Waals surface area contributed by atoms with E-state index in [-0.39, 0.29) is 5.82 Å². The molecule has 0 unspecified atom stereocenters. The zero-order valence-corrected chi connectivity index (χ0v) is 20.4. The summed E-state index contributed by atoms with van der Waals surface area (Å²) in [6, 6.07) is 7.24. The van der Waals surface area contributed by atoms with Crippen LogP contribution in [0.2, 0.25) is 0 Å². The quantitative estimate of drug-likeness (QED) is 0.482. The number of amides is 2. The molecule has 8 nitrogen and oxygen atoms in total. The van der Waals surface area contributed by atoms with Gasteiger partial charge in [0.15, 0.2) is 0 Å². The molecule has 3 aromatic rings. The number of pyridine rings is 1. The Bertz CT molecular complexity index is 1250. The van der Waals surface area contributed by atoms with Crippen molar-refractivity contribution in [3.8, 4) is 11.4 Å². The molecule has 2 amide bonds. The van der Waals surface area contributed by atoms with Crippen molar-refractivity contribution in [1.82, 2.24) is 24.8 Å². The van der Waals surface area contributed by atoms with Gasteiger partial charge in [-0.1, -0.05) is 35.8 Å². The van der Waals surface area contributed by atoms with Gasteiger partial charge in [0, 0.05) is 29.5 Å². The molecule has 1 aliphatic heterocycles. The maximum Gasteiger partial charge on any atom is 0.407 e. The van der Waals surface area contributed by atoms with Crippen LogP contribution in [0.25, 0.3) is 22.3 Å². The van der Waals surface area contributed by atoms with Crippen LogP contribution in [0, 0.1) is 5.92 Å². The number of alkyl halides is 2. The first kappa shape index (κ1) is 24.1. The third-order valence-electron chi connectivity index (χ3n) is 5.98. The van der Waals surface area contributed by atoms with E-state index in [1.165, 1.54) is 7.05 Å². The molecule has 1 fully saturated rings. The van der Waals surface area contributed by atoms with Gasteiger partial charge in [0.25, 0.3) is 5.92 Å². The summed E-state index contributed by atoms with van der Waals surface area (Å²) < 4.78 is 29.9. The van der Waals surface area contributed by atoms with Crippen LogP contribution in [0.3, 0.4) is 0 Å². The molecule has 0 spiro atoms. The van der Waals surface area contributed by atoms with E-state index in [4.69, 9.17) is 0 Å². The number of likely N-dealkylation sites (tertiary alicyclic amines) is 1. The number of carbonyl (C=O) groups excluding carboxylic acids is 1. The van der Waals surface area contributed by atoms with Crippen molar-refractivity contribution in [2.24, 2.45) is 5.92 Å². The fourth-order valence-corrected chi connectivity index (χ4v) is 4.74. The first-order chi connectivity index (χ1) is 16.0. The molecule has 11 heteroatoms. The largest absolute Gasteiger partial charge is 0.465 e. The van der Waals surface area contributed by atoms with Gasteiger partial charge in [0.1, 0.15) is 17.6 Å². The van der Waals surface area contributed by atoms with E-state index in [1.807, 2.05) is 24.3 Å². The third-order valence-corrected chi connectivity index (χ3v) is 6.48. The van der Waals surface area contributed by atoms with Crippen LogP contribution < -0.4 is 0 Å². The molecule has 1 saturated heterocycles. The number of nitrogens with zero attached hydrogens (tertiary/aromatic N) is 4. The Balaban J connectivity index is 1.66. The SMILES string of the molecule is CC(C)[C@@H](C(=O)N1CC(F)(F)C[C@H]1c1nc(-c2ccc3cc(Br)ccc3n2)c[nH]1)N(C)C(=O)O. The average molecular weight is 536 g/mol. The van der Waals surface area contributed by atoms with Crippen molar-refractivity contribution < 1.29 is 23.5 Å². The van der Waals surface area contributed by atoms with Gasteiger partial charge >= 0.3 is 6.09 Å². The molecule has 0 saturated carbocycles. The summed E-state index contributed by atoms with van der Waals surface area (Å²) in [6.07, 6.45) is -0.332. The van der Waals surface area contributed by atoms with Crippen LogP contribution in [0.15, 0.2) is 41.0 Å². The monoisotopic (exact) mass is 535 g/mol. The van der Waals surface area contributed by atoms with E-state index in [0.29, 0.717) is 11.4 Å². The van der Waals surface area contributed by atoms with Crippen LogP contribution >= 0.6 is 15.9 Å². The first-order valence-corrected chi connectivity index (χ1v) is 11.5. The number of aromatic nitrogens is 3. The standard InChI is InChI=1S/C23H24BrF2N5O3/c1-12(2)19(30(3)22(33)34)21(32)31-11-23(25,26)9-18(31)20-27-10-17(29-20)16-6-4-13-8-14(24)5-7-15(13)28-16/h4-8,10,12,18-19H,9,11H2,1-3H3,(H,27,29)(H,33,34)/t18-,19-/m0/s1. The van der Waals surface area contributed by atoms with Crippen molar-refractivity contribution >= 4 is 38.8 Å². The van der Waals surface area contributed by atoms with Crippen LogP contribution in [0.4, 0.5) is 13.6 Å². The van der Waals surface area contributed by atoms with E-state index in [2.05, 4.69) is 30.9 Å². The Morgan fingerprint density at radius 2 is 1.97 bits per heavy atom. The Morgan fingerprint density at radius 1 is 1.24 bits per heavy atom. The number of fused-ring (bicyclic) bond motifs is 1. The van der Waals surface area contributed by atoms with Gasteiger partial charge in [0.2, 0.25) is 5.91 Å². The molecule has 4 rings (SSSR count). The average Bonchev–Trinajstić information content (AvgIpc) is 3.37. The predicted molar refractivity (Wildman–Crippen MR) is 125 cm³/mol. The molecule has 1 aliphatic rings. The number of hydrogen-bond donors (Lipinski definition) is 2. The van der Waals surface area contributed by atoms with Crippen LogP contribution in [-0.4, -0.2) is 67.4 Å². The van der Waals surface area contributed by atoms with Gasteiger partial charge in [-0.2, -0.15) is 0 Å². The Labute approximate surface area is 203 Å². The van der Waals surface area contributed by atoms with Crippen molar-refractivity contribution in [2.75, 3.05) is 13.6 Å². The molecule has 3 heterocycles. The third kappa shape index (κ3) is 4.61. The number of benzene rings is 1. The number of nitrogens with one attached hydrogen (secondary N) is 1. The van der Waals surface area contributed by atoms with Gasteiger partial charge in [-0.3, -0.25) is 9.69 Å². The predicted octanol–water partition coefficient (Wildman–Crippen LogP) is 4.93. The molecule has 34 heavy (non-hydrogen) atoms. The van der Waals surface area contributed by atoms with E-state index >= 15 is 0 Å². The van der Waals surface area contributed by atoms with Crippen LogP contribution in [0.5, 0.6) is 0 Å². The lowest BCUT2D eigenvalue weighted by molar-refractivity contribution is -0.139. The molecule has 2 N–H and O–H groups in total. The molecule has 1 aromatic carbocycles. The Kier molecular flexibility index (Phi) is 6.32. The molecule has 2 aromatic heterocycles. The summed E-state index contributed by atoms with van der Waals surface area (Å²) in [7, 11) is 1.27. The lowest BCUT2D eigenvalue weighted by Gasteiger charge is -2.33. The lowest BCUT2D eigenvalue weighted by Crippen LogP contribution is -2.52. The highest BCUT2D eigenvalue weighted by atomic mass is 79.9. The molecule has 0 aliphatic carbocycles. The molecular weight excluding hydrogens is 512 g/mol. The highest BCUT2D eigenvalue weighted by molar-refractivity contribution is 9.10. The second-order valence-corrected chi connectivity index (χ2v) is 9.74. The van der Waals surface area contributed by atoms with Gasteiger partial charge in [-0.25, -0.2) is 23.5 Å². The van der Waals surface area contributed by atoms with Gasteiger partial charge in [-0.15, -0.1) is 0 Å². The number of H-pyrrole nitrogens is 1. The number of carboxylic acid groups (broad SMARTS) is 1. The fourth-order valence-electron chi connectivity index (χ4n) is 4.36. The summed E-state index contributed by atoms with van der Waals surface area (Å²) in [5.41, 5.74) is 1.78. The van der Waals surface area contributed by atoms with Gasteiger partial charge < -0.3 is 15.0 Å². The normalized spacial score (nSPS) is 18.4. The Hall–Kier alpha value is -3.08. The number of likely N-dealkylation sites (N-methyl/N-ethyl adjacent to an activating group) is 1. The fraction of sp³-hybridized carbons (Fsp3) is 0.391. The van der Waals surface area contributed by atoms with Crippen molar-refractivity contribution in [3.63, 3.8) is 0 Å². The summed E-state index contributed by atoms with van der Waals surface area (Å²) in [6.45, 7) is 2.56. The summed E-state index contributed by atoms with van der Waals surface area (Å²) in [5, 5.41) is 10.3. The first-order valence-electron chi connectivity index (χ1n) is 10.7. The van der Waals surface area contributed by atoms with Gasteiger partial charge in [0.05, 0.1) is 23.8 Å².